The van der Waals surface area contributed by atoms with E-state index in [1.165, 1.54) is 12.8 Å². The smallest absolute Gasteiger partial charge is 0.125 e. The summed E-state index contributed by atoms with van der Waals surface area (Å²) in [6.45, 7) is 2.80. The van der Waals surface area contributed by atoms with E-state index in [1.54, 1.807) is 6.26 Å². The fourth-order valence-corrected chi connectivity index (χ4v) is 1.89. The van der Waals surface area contributed by atoms with Crippen LogP contribution < -0.4 is 5.32 Å². The number of rotatable bonds is 4. The van der Waals surface area contributed by atoms with Gasteiger partial charge in [0.15, 0.2) is 0 Å². The van der Waals surface area contributed by atoms with E-state index in [9.17, 15) is 0 Å². The molecular formula is C14H16N2O. The quantitative estimate of drug-likeness (QED) is 0.874. The Hall–Kier alpha value is -1.61. The number of aryl methyl sites for hydroxylation is 1. The van der Waals surface area contributed by atoms with Gasteiger partial charge in [0.05, 0.1) is 12.8 Å². The number of nitrogens with one attached hydrogen (secondary N) is 1. The first-order valence-corrected chi connectivity index (χ1v) is 6.06. The molecule has 0 aliphatic heterocycles. The summed E-state index contributed by atoms with van der Waals surface area (Å²) in [5.41, 5.74) is 3.30. The number of hydrogen-bond acceptors (Lipinski definition) is 3. The average Bonchev–Trinajstić information content (AvgIpc) is 3.06. The van der Waals surface area contributed by atoms with Crippen molar-refractivity contribution in [3.05, 3.63) is 42.1 Å². The van der Waals surface area contributed by atoms with Crippen molar-refractivity contribution in [1.82, 2.24) is 10.3 Å². The van der Waals surface area contributed by atoms with Gasteiger partial charge in [-0.15, -0.1) is 0 Å². The van der Waals surface area contributed by atoms with E-state index in [0.29, 0.717) is 6.04 Å². The SMILES string of the molecule is Cc1ccc(-c2ccoc2CNC2CC2)cn1. The number of furan rings is 1. The average molecular weight is 228 g/mol. The van der Waals surface area contributed by atoms with E-state index in [0.717, 1.165) is 29.1 Å². The minimum atomic E-state index is 0.698. The van der Waals surface area contributed by atoms with Crippen molar-refractivity contribution in [1.29, 1.82) is 0 Å². The topological polar surface area (TPSA) is 38.1 Å². The molecule has 0 aromatic carbocycles. The first kappa shape index (κ1) is 10.5. The fourth-order valence-electron chi connectivity index (χ4n) is 1.89. The molecule has 1 N–H and O–H groups in total. The highest BCUT2D eigenvalue weighted by molar-refractivity contribution is 5.64. The summed E-state index contributed by atoms with van der Waals surface area (Å²) in [7, 11) is 0. The minimum absolute atomic E-state index is 0.698. The van der Waals surface area contributed by atoms with Crippen LogP contribution in [0.5, 0.6) is 0 Å². The Labute approximate surface area is 101 Å². The molecule has 2 aromatic rings. The first-order valence-electron chi connectivity index (χ1n) is 6.06. The fraction of sp³-hybridized carbons (Fsp3) is 0.357. The standard InChI is InChI=1S/C14H16N2O/c1-10-2-3-11(8-15-10)13-6-7-17-14(13)9-16-12-4-5-12/h2-3,6-8,12,16H,4-5,9H2,1H3. The van der Waals surface area contributed by atoms with Crippen LogP contribution in [0.2, 0.25) is 0 Å². The van der Waals surface area contributed by atoms with Crippen LogP contribution in [0.3, 0.4) is 0 Å². The molecule has 88 valence electrons. The highest BCUT2D eigenvalue weighted by Crippen LogP contribution is 2.26. The minimum Gasteiger partial charge on any atom is -0.467 e. The first-order chi connectivity index (χ1) is 8.33. The summed E-state index contributed by atoms with van der Waals surface area (Å²) in [5, 5.41) is 3.47. The third kappa shape index (κ3) is 2.39. The third-order valence-electron chi connectivity index (χ3n) is 3.10. The van der Waals surface area contributed by atoms with Crippen LogP contribution in [0, 0.1) is 6.92 Å². The van der Waals surface area contributed by atoms with Crippen molar-refractivity contribution in [2.75, 3.05) is 0 Å². The van der Waals surface area contributed by atoms with E-state index >= 15 is 0 Å². The summed E-state index contributed by atoms with van der Waals surface area (Å²) in [6, 6.07) is 6.83. The molecule has 3 rings (SSSR count). The molecule has 3 nitrogen and oxygen atoms in total. The second kappa shape index (κ2) is 4.34. The summed E-state index contributed by atoms with van der Waals surface area (Å²) < 4.78 is 5.54. The Morgan fingerprint density at radius 1 is 1.35 bits per heavy atom. The molecule has 0 radical (unpaired) electrons. The van der Waals surface area contributed by atoms with Gasteiger partial charge in [0.1, 0.15) is 5.76 Å². The van der Waals surface area contributed by atoms with Crippen LogP contribution in [-0.2, 0) is 6.54 Å². The largest absolute Gasteiger partial charge is 0.467 e. The predicted molar refractivity (Wildman–Crippen MR) is 66.5 cm³/mol. The van der Waals surface area contributed by atoms with Gasteiger partial charge in [0, 0.05) is 29.1 Å². The van der Waals surface area contributed by atoms with Crippen LogP contribution in [0.25, 0.3) is 11.1 Å². The summed E-state index contributed by atoms with van der Waals surface area (Å²) in [6.07, 6.45) is 6.24. The summed E-state index contributed by atoms with van der Waals surface area (Å²) in [4.78, 5) is 4.32. The third-order valence-corrected chi connectivity index (χ3v) is 3.10. The number of aromatic nitrogens is 1. The number of pyridine rings is 1. The van der Waals surface area contributed by atoms with Gasteiger partial charge in [0.25, 0.3) is 0 Å². The van der Waals surface area contributed by atoms with Crippen molar-refractivity contribution in [2.24, 2.45) is 0 Å². The Morgan fingerprint density at radius 3 is 2.94 bits per heavy atom. The molecule has 1 saturated carbocycles. The number of nitrogens with zero attached hydrogens (tertiary/aromatic N) is 1. The molecular weight excluding hydrogens is 212 g/mol. The van der Waals surface area contributed by atoms with Crippen molar-refractivity contribution in [2.45, 2.75) is 32.4 Å². The van der Waals surface area contributed by atoms with E-state index in [2.05, 4.69) is 16.4 Å². The summed E-state index contributed by atoms with van der Waals surface area (Å²) >= 11 is 0. The van der Waals surface area contributed by atoms with Gasteiger partial charge in [0.2, 0.25) is 0 Å². The van der Waals surface area contributed by atoms with Crippen molar-refractivity contribution < 1.29 is 4.42 Å². The van der Waals surface area contributed by atoms with Crippen molar-refractivity contribution >= 4 is 0 Å². The van der Waals surface area contributed by atoms with E-state index in [1.807, 2.05) is 25.3 Å². The highest BCUT2D eigenvalue weighted by atomic mass is 16.3. The lowest BCUT2D eigenvalue weighted by Crippen LogP contribution is -2.15. The maximum atomic E-state index is 5.54. The molecule has 1 fully saturated rings. The van der Waals surface area contributed by atoms with Crippen LogP contribution in [-0.4, -0.2) is 11.0 Å². The number of hydrogen-bond donors (Lipinski definition) is 1. The highest BCUT2D eigenvalue weighted by Gasteiger charge is 2.21. The second-order valence-electron chi connectivity index (χ2n) is 4.60. The molecule has 0 unspecified atom stereocenters. The predicted octanol–water partition coefficient (Wildman–Crippen LogP) is 2.90. The zero-order chi connectivity index (χ0) is 11.7. The summed E-state index contributed by atoms with van der Waals surface area (Å²) in [5.74, 6) is 1.00. The normalized spacial score (nSPS) is 15.1. The molecule has 0 bridgehead atoms. The molecule has 1 aliphatic rings. The lowest BCUT2D eigenvalue weighted by Gasteiger charge is -2.04. The molecule has 2 heterocycles. The van der Waals surface area contributed by atoms with Crippen molar-refractivity contribution in [3.63, 3.8) is 0 Å². The second-order valence-corrected chi connectivity index (χ2v) is 4.60. The maximum Gasteiger partial charge on any atom is 0.125 e. The molecule has 3 heteroatoms. The lowest BCUT2D eigenvalue weighted by atomic mass is 10.1. The van der Waals surface area contributed by atoms with E-state index in [4.69, 9.17) is 4.42 Å². The van der Waals surface area contributed by atoms with Crippen LogP contribution in [0.15, 0.2) is 35.1 Å². The van der Waals surface area contributed by atoms with Gasteiger partial charge >= 0.3 is 0 Å². The van der Waals surface area contributed by atoms with Gasteiger partial charge in [-0.2, -0.15) is 0 Å². The Balaban J connectivity index is 1.81. The van der Waals surface area contributed by atoms with Gasteiger partial charge in [-0.25, -0.2) is 0 Å². The molecule has 1 aliphatic carbocycles. The van der Waals surface area contributed by atoms with E-state index < -0.39 is 0 Å². The van der Waals surface area contributed by atoms with Crippen LogP contribution >= 0.6 is 0 Å². The zero-order valence-corrected chi connectivity index (χ0v) is 9.94. The molecule has 2 aromatic heterocycles. The van der Waals surface area contributed by atoms with Gasteiger partial charge in [-0.1, -0.05) is 6.07 Å². The zero-order valence-electron chi connectivity index (χ0n) is 9.94. The Kier molecular flexibility index (Phi) is 2.69. The van der Waals surface area contributed by atoms with Crippen molar-refractivity contribution in [3.8, 4) is 11.1 Å². The maximum absolute atomic E-state index is 5.54. The Morgan fingerprint density at radius 2 is 2.24 bits per heavy atom. The van der Waals surface area contributed by atoms with Gasteiger partial charge in [-0.05, 0) is 31.9 Å². The van der Waals surface area contributed by atoms with Crippen LogP contribution in [0.4, 0.5) is 0 Å². The molecule has 17 heavy (non-hydrogen) atoms. The Bertz CT molecular complexity index is 497. The van der Waals surface area contributed by atoms with Crippen LogP contribution in [0.1, 0.15) is 24.3 Å². The monoisotopic (exact) mass is 228 g/mol. The van der Waals surface area contributed by atoms with Gasteiger partial charge in [-0.3, -0.25) is 4.98 Å². The van der Waals surface area contributed by atoms with Gasteiger partial charge < -0.3 is 9.73 Å². The molecule has 0 amide bonds. The molecule has 0 saturated heterocycles. The lowest BCUT2D eigenvalue weighted by molar-refractivity contribution is 0.483. The molecule has 0 atom stereocenters. The van der Waals surface area contributed by atoms with E-state index in [-0.39, 0.29) is 0 Å². The molecule has 0 spiro atoms.